The monoisotopic (exact) mass is 412 g/mol. The van der Waals surface area contributed by atoms with Crippen molar-refractivity contribution < 1.29 is 19.1 Å². The number of carbonyl (C=O) groups is 2. The molecule has 2 rings (SSSR count). The summed E-state index contributed by atoms with van der Waals surface area (Å²) in [5.41, 5.74) is -0.0128. The van der Waals surface area contributed by atoms with Crippen molar-refractivity contribution >= 4 is 27.9 Å². The van der Waals surface area contributed by atoms with Gasteiger partial charge in [0.15, 0.2) is 0 Å². The highest BCUT2D eigenvalue weighted by molar-refractivity contribution is 9.10. The molecule has 7 heteroatoms. The molecule has 1 saturated heterocycles. The molecule has 1 atom stereocenters. The molecule has 6 nitrogen and oxygen atoms in total. The van der Waals surface area contributed by atoms with Gasteiger partial charge in [0.1, 0.15) is 11.4 Å². The number of amides is 2. The maximum atomic E-state index is 12.9. The van der Waals surface area contributed by atoms with Crippen LogP contribution in [0.1, 0.15) is 38.1 Å². The van der Waals surface area contributed by atoms with Gasteiger partial charge in [-0.2, -0.15) is 0 Å². The first kappa shape index (κ1) is 19.6. The lowest BCUT2D eigenvalue weighted by Gasteiger charge is -2.40. The van der Waals surface area contributed by atoms with Crippen molar-refractivity contribution in [2.24, 2.45) is 0 Å². The molecule has 0 aromatic heterocycles. The first-order chi connectivity index (χ1) is 11.6. The Bertz CT molecular complexity index is 657. The first-order valence-corrected chi connectivity index (χ1v) is 9.04. The Balaban J connectivity index is 2.09. The van der Waals surface area contributed by atoms with Gasteiger partial charge in [-0.25, -0.2) is 4.79 Å². The van der Waals surface area contributed by atoms with Crippen LogP contribution < -0.4 is 4.74 Å². The Morgan fingerprint density at radius 3 is 2.48 bits per heavy atom. The van der Waals surface area contributed by atoms with Crippen LogP contribution in [-0.2, 0) is 4.74 Å². The Morgan fingerprint density at radius 2 is 1.92 bits per heavy atom. The summed E-state index contributed by atoms with van der Waals surface area (Å²) in [4.78, 5) is 28.5. The van der Waals surface area contributed by atoms with E-state index in [1.807, 2.05) is 33.8 Å². The minimum absolute atomic E-state index is 0.0966. The molecule has 0 saturated carbocycles. The molecule has 138 valence electrons. The second-order valence-corrected chi connectivity index (χ2v) is 8.03. The summed E-state index contributed by atoms with van der Waals surface area (Å²) in [7, 11) is 1.54. The molecule has 1 fully saturated rings. The Kier molecular flexibility index (Phi) is 5.98. The van der Waals surface area contributed by atoms with E-state index in [0.717, 1.165) is 4.47 Å². The van der Waals surface area contributed by atoms with Gasteiger partial charge >= 0.3 is 6.09 Å². The van der Waals surface area contributed by atoms with Gasteiger partial charge in [0.25, 0.3) is 5.91 Å². The maximum Gasteiger partial charge on any atom is 0.410 e. The van der Waals surface area contributed by atoms with E-state index < -0.39 is 5.60 Å². The highest BCUT2D eigenvalue weighted by Crippen LogP contribution is 2.26. The van der Waals surface area contributed by atoms with Crippen molar-refractivity contribution in [1.82, 2.24) is 9.80 Å². The summed E-state index contributed by atoms with van der Waals surface area (Å²) in [6, 6.07) is 5.23. The number of methoxy groups -OCH3 is 1. The van der Waals surface area contributed by atoms with Crippen LogP contribution in [0.4, 0.5) is 4.79 Å². The summed E-state index contributed by atoms with van der Waals surface area (Å²) < 4.78 is 11.6. The number of hydrogen-bond donors (Lipinski definition) is 0. The number of nitrogens with zero attached hydrogens (tertiary/aromatic N) is 2. The second-order valence-electron chi connectivity index (χ2n) is 7.12. The van der Waals surface area contributed by atoms with Crippen LogP contribution in [0.5, 0.6) is 5.75 Å². The van der Waals surface area contributed by atoms with Crippen LogP contribution in [0.3, 0.4) is 0 Å². The van der Waals surface area contributed by atoms with Crippen LogP contribution in [0, 0.1) is 0 Å². The van der Waals surface area contributed by atoms with Crippen LogP contribution in [0.25, 0.3) is 0 Å². The van der Waals surface area contributed by atoms with Crippen LogP contribution >= 0.6 is 15.9 Å². The minimum Gasteiger partial charge on any atom is -0.496 e. The molecule has 0 N–H and O–H groups in total. The molecule has 0 bridgehead atoms. The number of halogens is 1. The standard InChI is InChI=1S/C18H25BrN2O4/c1-12-11-20(17(23)25-18(2,3)4)8-9-21(12)16(22)14-7-6-13(19)10-15(14)24-5/h6-7,10,12H,8-9,11H2,1-5H3/t12-/m1/s1. The third-order valence-corrected chi connectivity index (χ3v) is 4.43. The van der Waals surface area contributed by atoms with E-state index in [1.54, 1.807) is 29.0 Å². The van der Waals surface area contributed by atoms with Crippen molar-refractivity contribution in [1.29, 1.82) is 0 Å². The van der Waals surface area contributed by atoms with E-state index in [2.05, 4.69) is 15.9 Å². The average Bonchev–Trinajstić information content (AvgIpc) is 2.52. The van der Waals surface area contributed by atoms with Crippen molar-refractivity contribution in [2.75, 3.05) is 26.7 Å². The topological polar surface area (TPSA) is 59.1 Å². The molecule has 0 radical (unpaired) electrons. The molecule has 1 aliphatic rings. The van der Waals surface area contributed by atoms with E-state index in [4.69, 9.17) is 9.47 Å². The lowest BCUT2D eigenvalue weighted by Crippen LogP contribution is -2.56. The Morgan fingerprint density at radius 1 is 1.24 bits per heavy atom. The quantitative estimate of drug-likeness (QED) is 0.744. The largest absolute Gasteiger partial charge is 0.496 e. The smallest absolute Gasteiger partial charge is 0.410 e. The number of hydrogen-bond acceptors (Lipinski definition) is 4. The summed E-state index contributed by atoms with van der Waals surface area (Å²) in [6.45, 7) is 8.80. The van der Waals surface area contributed by atoms with Gasteiger partial charge < -0.3 is 19.3 Å². The van der Waals surface area contributed by atoms with E-state index in [-0.39, 0.29) is 18.0 Å². The highest BCUT2D eigenvalue weighted by atomic mass is 79.9. The third kappa shape index (κ3) is 4.87. The fourth-order valence-corrected chi connectivity index (χ4v) is 3.09. The molecular weight excluding hydrogens is 388 g/mol. The molecule has 1 aliphatic heterocycles. The average molecular weight is 413 g/mol. The van der Waals surface area contributed by atoms with E-state index >= 15 is 0 Å². The summed E-state index contributed by atoms with van der Waals surface area (Å²) in [5.74, 6) is 0.432. The lowest BCUT2D eigenvalue weighted by atomic mass is 10.1. The molecule has 1 aromatic rings. The van der Waals surface area contributed by atoms with E-state index in [1.165, 1.54) is 0 Å². The summed E-state index contributed by atoms with van der Waals surface area (Å²) in [6.07, 6.45) is -0.340. The Hall–Kier alpha value is -1.76. The third-order valence-electron chi connectivity index (χ3n) is 3.93. The van der Waals surface area contributed by atoms with Crippen LogP contribution in [0.15, 0.2) is 22.7 Å². The van der Waals surface area contributed by atoms with Crippen molar-refractivity contribution in [3.05, 3.63) is 28.2 Å². The van der Waals surface area contributed by atoms with Gasteiger partial charge in [0.05, 0.1) is 12.7 Å². The molecule has 0 unspecified atom stereocenters. The molecule has 1 heterocycles. The number of piperazine rings is 1. The minimum atomic E-state index is -0.530. The fourth-order valence-electron chi connectivity index (χ4n) is 2.75. The predicted octanol–water partition coefficient (Wildman–Crippen LogP) is 3.54. The zero-order chi connectivity index (χ0) is 18.8. The number of rotatable bonds is 2. The number of ether oxygens (including phenoxy) is 2. The summed E-state index contributed by atoms with van der Waals surface area (Å²) >= 11 is 3.38. The fraction of sp³-hybridized carbons (Fsp3) is 0.556. The molecule has 25 heavy (non-hydrogen) atoms. The van der Waals surface area contributed by atoms with Gasteiger partial charge in [0.2, 0.25) is 0 Å². The molecule has 2 amide bonds. The lowest BCUT2D eigenvalue weighted by molar-refractivity contribution is 0.00610. The molecule has 0 spiro atoms. The van der Waals surface area contributed by atoms with E-state index in [9.17, 15) is 9.59 Å². The van der Waals surface area contributed by atoms with Crippen LogP contribution in [-0.4, -0.2) is 60.2 Å². The van der Waals surface area contributed by atoms with Gasteiger partial charge in [-0.05, 0) is 45.9 Å². The van der Waals surface area contributed by atoms with E-state index in [0.29, 0.717) is 30.9 Å². The van der Waals surface area contributed by atoms with Gasteiger partial charge in [-0.1, -0.05) is 15.9 Å². The molecular formula is C18H25BrN2O4. The van der Waals surface area contributed by atoms with Gasteiger partial charge in [-0.3, -0.25) is 4.79 Å². The molecule has 1 aromatic carbocycles. The van der Waals surface area contributed by atoms with Crippen molar-refractivity contribution in [2.45, 2.75) is 39.3 Å². The zero-order valence-corrected chi connectivity index (χ0v) is 16.9. The summed E-state index contributed by atoms with van der Waals surface area (Å²) in [5, 5.41) is 0. The maximum absolute atomic E-state index is 12.9. The SMILES string of the molecule is COc1cc(Br)ccc1C(=O)N1CCN(C(=O)OC(C)(C)C)C[C@H]1C. The van der Waals surface area contributed by atoms with Crippen molar-refractivity contribution in [3.8, 4) is 5.75 Å². The highest BCUT2D eigenvalue weighted by Gasteiger charge is 2.33. The Labute approximate surface area is 157 Å². The predicted molar refractivity (Wildman–Crippen MR) is 99.0 cm³/mol. The van der Waals surface area contributed by atoms with Gasteiger partial charge in [-0.15, -0.1) is 0 Å². The number of carbonyl (C=O) groups excluding carboxylic acids is 2. The normalized spacial score (nSPS) is 18.1. The molecule has 0 aliphatic carbocycles. The second kappa shape index (κ2) is 7.64. The van der Waals surface area contributed by atoms with Gasteiger partial charge in [0, 0.05) is 30.1 Å². The number of benzene rings is 1. The first-order valence-electron chi connectivity index (χ1n) is 8.25. The van der Waals surface area contributed by atoms with Crippen molar-refractivity contribution in [3.63, 3.8) is 0 Å². The zero-order valence-electron chi connectivity index (χ0n) is 15.3. The van der Waals surface area contributed by atoms with Crippen LogP contribution in [0.2, 0.25) is 0 Å².